The van der Waals surface area contributed by atoms with Crippen LogP contribution in [0, 0.1) is 0 Å². The predicted molar refractivity (Wildman–Crippen MR) is 106 cm³/mol. The zero-order valence-electron chi connectivity index (χ0n) is 15.7. The first-order valence-corrected chi connectivity index (χ1v) is 10.0. The molecule has 142 valence electrons. The Morgan fingerprint density at radius 2 is 2.07 bits per heavy atom. The van der Waals surface area contributed by atoms with Gasteiger partial charge in [0.25, 0.3) is 0 Å². The van der Waals surface area contributed by atoms with Crippen molar-refractivity contribution in [3.63, 3.8) is 0 Å². The van der Waals surface area contributed by atoms with Crippen LogP contribution in [0.2, 0.25) is 0 Å². The van der Waals surface area contributed by atoms with Gasteiger partial charge in [-0.3, -0.25) is 4.79 Å². The zero-order chi connectivity index (χ0) is 18.5. The maximum Gasteiger partial charge on any atom is 0.220 e. The lowest BCUT2D eigenvalue weighted by Crippen LogP contribution is -2.26. The maximum atomic E-state index is 12.1. The number of nitrogens with zero attached hydrogens (tertiary/aromatic N) is 3. The van der Waals surface area contributed by atoms with Crippen LogP contribution >= 0.6 is 0 Å². The summed E-state index contributed by atoms with van der Waals surface area (Å²) in [5.74, 6) is 2.23. The molecule has 3 heterocycles. The fourth-order valence-electron chi connectivity index (χ4n) is 3.91. The van der Waals surface area contributed by atoms with Crippen LogP contribution in [-0.2, 0) is 30.6 Å². The minimum atomic E-state index is 0.116. The van der Waals surface area contributed by atoms with Crippen LogP contribution in [0.25, 0.3) is 10.9 Å². The second-order valence-corrected chi connectivity index (χ2v) is 7.31. The molecule has 0 atom stereocenters. The van der Waals surface area contributed by atoms with E-state index in [1.807, 2.05) is 6.07 Å². The summed E-state index contributed by atoms with van der Waals surface area (Å²) in [7, 11) is 0. The van der Waals surface area contributed by atoms with Crippen molar-refractivity contribution in [3.8, 4) is 0 Å². The Labute approximate surface area is 159 Å². The van der Waals surface area contributed by atoms with Crippen molar-refractivity contribution in [2.45, 2.75) is 57.9 Å². The molecule has 0 radical (unpaired) electrons. The number of aromatic nitrogens is 4. The number of carbonyl (C=O) groups excluding carboxylic acids is 1. The van der Waals surface area contributed by atoms with Crippen LogP contribution < -0.4 is 5.32 Å². The minimum Gasteiger partial charge on any atom is -0.361 e. The van der Waals surface area contributed by atoms with Gasteiger partial charge >= 0.3 is 0 Å². The van der Waals surface area contributed by atoms with E-state index in [2.05, 4.69) is 49.5 Å². The molecule has 2 aromatic heterocycles. The Morgan fingerprint density at radius 3 is 3.04 bits per heavy atom. The number of amides is 1. The standard InChI is InChI=1S/C21H27N5O/c27-21(11-6-7-16-15-23-18-9-4-3-8-17(16)18)22-13-12-20-25-24-19-10-2-1-5-14-26(19)20/h3-4,8-9,15,23H,1-2,5-7,10-14H2,(H,22,27). The van der Waals surface area contributed by atoms with Gasteiger partial charge in [-0.25, -0.2) is 0 Å². The molecule has 1 aliphatic heterocycles. The van der Waals surface area contributed by atoms with Gasteiger partial charge in [-0.1, -0.05) is 24.6 Å². The molecule has 1 aliphatic rings. The van der Waals surface area contributed by atoms with Gasteiger partial charge in [0.2, 0.25) is 5.91 Å². The molecule has 0 unspecified atom stereocenters. The molecule has 6 heteroatoms. The Kier molecular flexibility index (Phi) is 5.51. The monoisotopic (exact) mass is 365 g/mol. The summed E-state index contributed by atoms with van der Waals surface area (Å²) in [6.45, 7) is 1.64. The number of nitrogens with one attached hydrogen (secondary N) is 2. The highest BCUT2D eigenvalue weighted by Crippen LogP contribution is 2.19. The van der Waals surface area contributed by atoms with Crippen molar-refractivity contribution in [3.05, 3.63) is 47.7 Å². The molecule has 1 aromatic carbocycles. The lowest BCUT2D eigenvalue weighted by Gasteiger charge is -2.08. The van der Waals surface area contributed by atoms with Crippen molar-refractivity contribution < 1.29 is 4.79 Å². The fraction of sp³-hybridized carbons (Fsp3) is 0.476. The Bertz CT molecular complexity index is 910. The van der Waals surface area contributed by atoms with Gasteiger partial charge in [0.15, 0.2) is 0 Å². The third kappa shape index (κ3) is 4.21. The molecule has 3 aromatic rings. The van der Waals surface area contributed by atoms with Crippen molar-refractivity contribution in [2.75, 3.05) is 6.54 Å². The first kappa shape index (κ1) is 17.8. The van der Waals surface area contributed by atoms with E-state index in [-0.39, 0.29) is 5.91 Å². The van der Waals surface area contributed by atoms with Crippen LogP contribution in [0.5, 0.6) is 0 Å². The number of hydrogen-bond acceptors (Lipinski definition) is 3. The molecule has 1 amide bonds. The highest BCUT2D eigenvalue weighted by Gasteiger charge is 2.14. The fourth-order valence-corrected chi connectivity index (χ4v) is 3.91. The largest absolute Gasteiger partial charge is 0.361 e. The first-order valence-electron chi connectivity index (χ1n) is 10.0. The molecule has 2 N–H and O–H groups in total. The normalized spacial score (nSPS) is 14.1. The summed E-state index contributed by atoms with van der Waals surface area (Å²) in [5.41, 5.74) is 2.44. The van der Waals surface area contributed by atoms with E-state index in [1.165, 1.54) is 30.2 Å². The van der Waals surface area contributed by atoms with Crippen LogP contribution in [0.4, 0.5) is 0 Å². The summed E-state index contributed by atoms with van der Waals surface area (Å²) in [4.78, 5) is 15.4. The number of aromatic amines is 1. The Hall–Kier alpha value is -2.63. The molecule has 27 heavy (non-hydrogen) atoms. The van der Waals surface area contributed by atoms with Gasteiger partial charge in [-0.05, 0) is 37.3 Å². The van der Waals surface area contributed by atoms with Gasteiger partial charge < -0.3 is 14.9 Å². The average Bonchev–Trinajstić information content (AvgIpc) is 3.18. The molecule has 0 spiro atoms. The molecular formula is C21H27N5O. The van der Waals surface area contributed by atoms with E-state index >= 15 is 0 Å². The summed E-state index contributed by atoms with van der Waals surface area (Å²) in [6.07, 6.45) is 9.80. The predicted octanol–water partition coefficient (Wildman–Crippen LogP) is 3.17. The second-order valence-electron chi connectivity index (χ2n) is 7.31. The molecule has 0 saturated heterocycles. The number of benzene rings is 1. The topological polar surface area (TPSA) is 75.6 Å². The number of hydrogen-bond donors (Lipinski definition) is 2. The summed E-state index contributed by atoms with van der Waals surface area (Å²) in [5, 5.41) is 12.9. The summed E-state index contributed by atoms with van der Waals surface area (Å²) < 4.78 is 2.25. The van der Waals surface area contributed by atoms with Crippen molar-refractivity contribution in [1.82, 2.24) is 25.1 Å². The van der Waals surface area contributed by atoms with Crippen molar-refractivity contribution >= 4 is 16.8 Å². The van der Waals surface area contributed by atoms with E-state index in [1.54, 1.807) is 0 Å². The number of para-hydroxylation sites is 1. The van der Waals surface area contributed by atoms with Gasteiger partial charge in [0.05, 0.1) is 0 Å². The van der Waals surface area contributed by atoms with Crippen LogP contribution in [0.3, 0.4) is 0 Å². The zero-order valence-corrected chi connectivity index (χ0v) is 15.7. The highest BCUT2D eigenvalue weighted by atomic mass is 16.1. The molecule has 0 bridgehead atoms. The molecule has 0 fully saturated rings. The second kappa shape index (κ2) is 8.37. The Morgan fingerprint density at radius 1 is 1.15 bits per heavy atom. The van der Waals surface area contributed by atoms with Gasteiger partial charge in [0, 0.05) is 49.5 Å². The third-order valence-corrected chi connectivity index (χ3v) is 5.38. The van der Waals surface area contributed by atoms with Gasteiger partial charge in [0.1, 0.15) is 11.6 Å². The lowest BCUT2D eigenvalue weighted by atomic mass is 10.1. The lowest BCUT2D eigenvalue weighted by molar-refractivity contribution is -0.121. The van der Waals surface area contributed by atoms with Crippen LogP contribution in [0.15, 0.2) is 30.5 Å². The highest BCUT2D eigenvalue weighted by molar-refractivity contribution is 5.83. The van der Waals surface area contributed by atoms with E-state index in [0.29, 0.717) is 13.0 Å². The van der Waals surface area contributed by atoms with Gasteiger partial charge in [-0.15, -0.1) is 10.2 Å². The quantitative estimate of drug-likeness (QED) is 0.675. The molecule has 4 rings (SSSR count). The minimum absolute atomic E-state index is 0.116. The summed E-state index contributed by atoms with van der Waals surface area (Å²) >= 11 is 0. The third-order valence-electron chi connectivity index (χ3n) is 5.38. The van der Waals surface area contributed by atoms with Crippen LogP contribution in [-0.4, -0.2) is 32.2 Å². The van der Waals surface area contributed by atoms with E-state index in [0.717, 1.165) is 49.4 Å². The maximum absolute atomic E-state index is 12.1. The number of carbonyl (C=O) groups is 1. The molecule has 0 saturated carbocycles. The van der Waals surface area contributed by atoms with Crippen molar-refractivity contribution in [2.24, 2.45) is 0 Å². The number of aryl methyl sites for hydroxylation is 2. The molecule has 0 aliphatic carbocycles. The van der Waals surface area contributed by atoms with Crippen molar-refractivity contribution in [1.29, 1.82) is 0 Å². The van der Waals surface area contributed by atoms with Crippen LogP contribution in [0.1, 0.15) is 49.3 Å². The van der Waals surface area contributed by atoms with E-state index in [4.69, 9.17) is 0 Å². The SMILES string of the molecule is O=C(CCCc1c[nH]c2ccccc12)NCCc1nnc2n1CCCCC2. The molecular weight excluding hydrogens is 338 g/mol. The molecule has 6 nitrogen and oxygen atoms in total. The smallest absolute Gasteiger partial charge is 0.220 e. The average molecular weight is 365 g/mol. The summed E-state index contributed by atoms with van der Waals surface area (Å²) in [6, 6.07) is 8.29. The first-order chi connectivity index (χ1) is 13.3. The number of H-pyrrole nitrogens is 1. The Balaban J connectivity index is 1.21. The number of rotatable bonds is 7. The van der Waals surface area contributed by atoms with E-state index in [9.17, 15) is 4.79 Å². The number of fused-ring (bicyclic) bond motifs is 2. The van der Waals surface area contributed by atoms with E-state index < -0.39 is 0 Å². The van der Waals surface area contributed by atoms with Gasteiger partial charge in [-0.2, -0.15) is 0 Å².